The van der Waals surface area contributed by atoms with Crippen LogP contribution in [0.4, 0.5) is 0 Å². The topological polar surface area (TPSA) is 12.9 Å². The summed E-state index contributed by atoms with van der Waals surface area (Å²) >= 11 is 0. The van der Waals surface area contributed by atoms with E-state index in [4.69, 9.17) is 0 Å². The molecule has 0 unspecified atom stereocenters. The minimum absolute atomic E-state index is 1.13. The Labute approximate surface area is 251 Å². The SMILES string of the molecule is Cc1cc(-c2c3ccccc3c(-c3ccc4ccccc4c3)c3ccccc23)ccc1-c1ccc(-c2cccnc2)cc1. The van der Waals surface area contributed by atoms with Crippen LogP contribution in [0.2, 0.25) is 0 Å². The molecular formula is C42H29N. The lowest BCUT2D eigenvalue weighted by atomic mass is 9.84. The van der Waals surface area contributed by atoms with Gasteiger partial charge >= 0.3 is 0 Å². The number of rotatable bonds is 4. The summed E-state index contributed by atoms with van der Waals surface area (Å²) in [6.45, 7) is 2.22. The minimum Gasteiger partial charge on any atom is -0.264 e. The second-order valence-corrected chi connectivity index (χ2v) is 11.3. The second kappa shape index (κ2) is 10.4. The summed E-state index contributed by atoms with van der Waals surface area (Å²) in [5, 5.41) is 7.63. The number of pyridine rings is 1. The Balaban J connectivity index is 1.29. The third-order valence-electron chi connectivity index (χ3n) is 8.68. The maximum atomic E-state index is 4.27. The molecule has 0 aliphatic rings. The van der Waals surface area contributed by atoms with Gasteiger partial charge < -0.3 is 0 Å². The monoisotopic (exact) mass is 547 g/mol. The summed E-state index contributed by atoms with van der Waals surface area (Å²) in [4.78, 5) is 4.27. The minimum atomic E-state index is 1.13. The molecule has 0 saturated carbocycles. The maximum Gasteiger partial charge on any atom is 0.0346 e. The van der Waals surface area contributed by atoms with Crippen LogP contribution in [0.15, 0.2) is 158 Å². The number of hydrogen-bond acceptors (Lipinski definition) is 1. The zero-order chi connectivity index (χ0) is 28.8. The predicted octanol–water partition coefficient (Wildman–Crippen LogP) is 11.5. The number of aromatic nitrogens is 1. The van der Waals surface area contributed by atoms with Crippen LogP contribution >= 0.6 is 0 Å². The predicted molar refractivity (Wildman–Crippen MR) is 183 cm³/mol. The lowest BCUT2D eigenvalue weighted by Crippen LogP contribution is -1.92. The molecule has 202 valence electrons. The van der Waals surface area contributed by atoms with E-state index in [2.05, 4.69) is 151 Å². The lowest BCUT2D eigenvalue weighted by molar-refractivity contribution is 1.33. The third kappa shape index (κ3) is 4.38. The highest BCUT2D eigenvalue weighted by atomic mass is 14.6. The van der Waals surface area contributed by atoms with Gasteiger partial charge in [0.15, 0.2) is 0 Å². The standard InChI is InChI=1S/C42H29N/c1-28-25-33(22-23-36(28)31-19-16-30(17-20-31)35-11-8-24-43-27-35)41-37-12-4-6-14-39(37)42(40-15-7-5-13-38(40)41)34-21-18-29-9-2-3-10-32(29)26-34/h2-27H,1H3. The first-order chi connectivity index (χ1) is 21.2. The Morgan fingerprint density at radius 2 is 0.930 bits per heavy atom. The summed E-state index contributed by atoms with van der Waals surface area (Å²) < 4.78 is 0. The molecule has 0 N–H and O–H groups in total. The van der Waals surface area contributed by atoms with E-state index in [0.29, 0.717) is 0 Å². The van der Waals surface area contributed by atoms with Gasteiger partial charge in [-0.15, -0.1) is 0 Å². The number of aryl methyl sites for hydroxylation is 1. The fourth-order valence-corrected chi connectivity index (χ4v) is 6.61. The van der Waals surface area contributed by atoms with E-state index in [9.17, 15) is 0 Å². The Bertz CT molecular complexity index is 2220. The molecule has 7 aromatic carbocycles. The van der Waals surface area contributed by atoms with E-state index in [0.717, 1.165) is 5.56 Å². The molecule has 0 radical (unpaired) electrons. The highest BCUT2D eigenvalue weighted by Crippen LogP contribution is 2.44. The van der Waals surface area contributed by atoms with Crippen molar-refractivity contribution in [1.29, 1.82) is 0 Å². The molecule has 8 aromatic rings. The Kier molecular flexibility index (Phi) is 6.09. The third-order valence-corrected chi connectivity index (χ3v) is 8.68. The summed E-state index contributed by atoms with van der Waals surface area (Å²) in [7, 11) is 0. The molecule has 0 aliphatic carbocycles. The number of fused-ring (bicyclic) bond motifs is 3. The summed E-state index contributed by atoms with van der Waals surface area (Å²) in [6.07, 6.45) is 3.72. The molecule has 0 amide bonds. The molecule has 8 rings (SSSR count). The van der Waals surface area contributed by atoms with E-state index in [-0.39, 0.29) is 0 Å². The van der Waals surface area contributed by atoms with Crippen LogP contribution in [-0.2, 0) is 0 Å². The van der Waals surface area contributed by atoms with Crippen molar-refractivity contribution in [3.8, 4) is 44.5 Å². The van der Waals surface area contributed by atoms with Crippen LogP contribution in [0.3, 0.4) is 0 Å². The average Bonchev–Trinajstić information content (AvgIpc) is 3.07. The maximum absolute atomic E-state index is 4.27. The number of hydrogen-bond donors (Lipinski definition) is 0. The van der Waals surface area contributed by atoms with Crippen LogP contribution in [0, 0.1) is 6.92 Å². The van der Waals surface area contributed by atoms with Gasteiger partial charge in [0.25, 0.3) is 0 Å². The van der Waals surface area contributed by atoms with Crippen molar-refractivity contribution >= 4 is 32.3 Å². The molecule has 1 heterocycles. The van der Waals surface area contributed by atoms with Crippen molar-refractivity contribution in [3.63, 3.8) is 0 Å². The normalized spacial score (nSPS) is 11.4. The van der Waals surface area contributed by atoms with Crippen molar-refractivity contribution in [1.82, 2.24) is 4.98 Å². The van der Waals surface area contributed by atoms with Crippen LogP contribution in [0.1, 0.15) is 5.56 Å². The molecule has 0 atom stereocenters. The lowest BCUT2D eigenvalue weighted by Gasteiger charge is -2.19. The van der Waals surface area contributed by atoms with Gasteiger partial charge in [-0.25, -0.2) is 0 Å². The Hall–Kier alpha value is -5.53. The highest BCUT2D eigenvalue weighted by molar-refractivity contribution is 6.21. The fourth-order valence-electron chi connectivity index (χ4n) is 6.61. The van der Waals surface area contributed by atoms with Gasteiger partial charge in [0.1, 0.15) is 0 Å². The van der Waals surface area contributed by atoms with Crippen molar-refractivity contribution in [2.75, 3.05) is 0 Å². The highest BCUT2D eigenvalue weighted by Gasteiger charge is 2.17. The van der Waals surface area contributed by atoms with Gasteiger partial charge in [-0.05, 0) is 101 Å². The molecule has 1 heteroatoms. The summed E-state index contributed by atoms with van der Waals surface area (Å²) in [5.74, 6) is 0. The van der Waals surface area contributed by atoms with E-state index in [1.165, 1.54) is 76.8 Å². The Morgan fingerprint density at radius 3 is 1.53 bits per heavy atom. The van der Waals surface area contributed by atoms with E-state index in [1.54, 1.807) is 0 Å². The van der Waals surface area contributed by atoms with Gasteiger partial charge in [-0.3, -0.25) is 4.98 Å². The summed E-state index contributed by atoms with van der Waals surface area (Å²) in [5.41, 5.74) is 11.1. The molecule has 0 bridgehead atoms. The van der Waals surface area contributed by atoms with Gasteiger partial charge in [0.05, 0.1) is 0 Å². The zero-order valence-electron chi connectivity index (χ0n) is 24.0. The molecule has 0 spiro atoms. The fraction of sp³-hybridized carbons (Fsp3) is 0.0238. The quantitative estimate of drug-likeness (QED) is 0.200. The second-order valence-electron chi connectivity index (χ2n) is 11.3. The number of nitrogens with zero attached hydrogens (tertiary/aromatic N) is 1. The number of benzene rings is 7. The summed E-state index contributed by atoms with van der Waals surface area (Å²) in [6, 6.07) is 53.0. The van der Waals surface area contributed by atoms with Crippen molar-refractivity contribution in [2.24, 2.45) is 0 Å². The molecular weight excluding hydrogens is 518 g/mol. The van der Waals surface area contributed by atoms with E-state index in [1.807, 2.05) is 18.5 Å². The molecule has 0 saturated heterocycles. The van der Waals surface area contributed by atoms with Gasteiger partial charge in [0, 0.05) is 12.4 Å². The zero-order valence-corrected chi connectivity index (χ0v) is 24.0. The van der Waals surface area contributed by atoms with Crippen molar-refractivity contribution in [2.45, 2.75) is 6.92 Å². The van der Waals surface area contributed by atoms with Crippen LogP contribution in [0.5, 0.6) is 0 Å². The first-order valence-electron chi connectivity index (χ1n) is 14.8. The largest absolute Gasteiger partial charge is 0.264 e. The van der Waals surface area contributed by atoms with Gasteiger partial charge in [-0.1, -0.05) is 133 Å². The first kappa shape index (κ1) is 25.2. The smallest absolute Gasteiger partial charge is 0.0346 e. The molecule has 1 nitrogen and oxygen atoms in total. The molecule has 0 aliphatic heterocycles. The van der Waals surface area contributed by atoms with E-state index >= 15 is 0 Å². The molecule has 43 heavy (non-hydrogen) atoms. The van der Waals surface area contributed by atoms with E-state index < -0.39 is 0 Å². The van der Waals surface area contributed by atoms with Crippen LogP contribution in [-0.4, -0.2) is 4.98 Å². The average molecular weight is 548 g/mol. The molecule has 0 fully saturated rings. The van der Waals surface area contributed by atoms with Gasteiger partial charge in [0.2, 0.25) is 0 Å². The van der Waals surface area contributed by atoms with Crippen molar-refractivity contribution in [3.05, 3.63) is 164 Å². The van der Waals surface area contributed by atoms with Crippen molar-refractivity contribution < 1.29 is 0 Å². The first-order valence-corrected chi connectivity index (χ1v) is 14.8. The Morgan fingerprint density at radius 1 is 0.395 bits per heavy atom. The van der Waals surface area contributed by atoms with Gasteiger partial charge in [-0.2, -0.15) is 0 Å². The molecule has 1 aromatic heterocycles. The van der Waals surface area contributed by atoms with Crippen LogP contribution < -0.4 is 0 Å². The van der Waals surface area contributed by atoms with Crippen LogP contribution in [0.25, 0.3) is 76.8 Å².